The normalized spacial score (nSPS) is 16.1. The number of urea groups is 1. The highest BCUT2D eigenvalue weighted by atomic mass is 16.5. The van der Waals surface area contributed by atoms with Gasteiger partial charge in [-0.05, 0) is 31.9 Å². The average molecular weight is 333 g/mol. The van der Waals surface area contributed by atoms with Crippen LogP contribution in [-0.2, 0) is 11.3 Å². The summed E-state index contributed by atoms with van der Waals surface area (Å²) in [5.74, 6) is 0.811. The molecule has 0 aliphatic carbocycles. The molecule has 6 heteroatoms. The Kier molecular flexibility index (Phi) is 6.46. The largest absolute Gasteiger partial charge is 0.490 e. The van der Waals surface area contributed by atoms with E-state index in [2.05, 4.69) is 17.6 Å². The van der Waals surface area contributed by atoms with E-state index in [9.17, 15) is 9.59 Å². The van der Waals surface area contributed by atoms with Crippen molar-refractivity contribution in [3.8, 4) is 5.75 Å². The number of rotatable bonds is 5. The monoisotopic (exact) mass is 333 g/mol. The Hall–Kier alpha value is -2.24. The highest BCUT2D eigenvalue weighted by Crippen LogP contribution is 2.22. The van der Waals surface area contributed by atoms with Crippen LogP contribution in [0.2, 0.25) is 0 Å². The first-order valence-corrected chi connectivity index (χ1v) is 8.55. The van der Waals surface area contributed by atoms with E-state index < -0.39 is 0 Å². The number of carbonyl (C=O) groups excluding carboxylic acids is 2. The lowest BCUT2D eigenvalue weighted by atomic mass is 10.1. The predicted octanol–water partition coefficient (Wildman–Crippen LogP) is 2.20. The first-order valence-electron chi connectivity index (χ1n) is 8.55. The lowest BCUT2D eigenvalue weighted by Crippen LogP contribution is -2.41. The minimum absolute atomic E-state index is 0.00641. The smallest absolute Gasteiger partial charge is 0.317 e. The lowest BCUT2D eigenvalue weighted by molar-refractivity contribution is -0.120. The zero-order valence-corrected chi connectivity index (χ0v) is 14.7. The molecule has 1 aliphatic heterocycles. The van der Waals surface area contributed by atoms with Crippen LogP contribution in [0.4, 0.5) is 4.79 Å². The fourth-order valence-corrected chi connectivity index (χ4v) is 2.47. The van der Waals surface area contributed by atoms with Crippen molar-refractivity contribution in [1.82, 2.24) is 15.5 Å². The predicted molar refractivity (Wildman–Crippen MR) is 93.0 cm³/mol. The first-order chi connectivity index (χ1) is 11.5. The van der Waals surface area contributed by atoms with Crippen LogP contribution in [-0.4, -0.2) is 42.6 Å². The van der Waals surface area contributed by atoms with Crippen LogP contribution in [0, 0.1) is 6.92 Å². The van der Waals surface area contributed by atoms with Crippen molar-refractivity contribution in [2.45, 2.75) is 46.3 Å². The maximum Gasteiger partial charge on any atom is 0.317 e. The van der Waals surface area contributed by atoms with Gasteiger partial charge < -0.3 is 20.3 Å². The number of hydrogen-bond donors (Lipinski definition) is 2. The Bertz CT molecular complexity index is 589. The molecule has 0 saturated carbocycles. The van der Waals surface area contributed by atoms with Crippen molar-refractivity contribution in [2.75, 3.05) is 19.6 Å². The number of benzene rings is 1. The van der Waals surface area contributed by atoms with E-state index in [0.717, 1.165) is 23.3 Å². The minimum Gasteiger partial charge on any atom is -0.490 e. The van der Waals surface area contributed by atoms with E-state index >= 15 is 0 Å². The summed E-state index contributed by atoms with van der Waals surface area (Å²) < 4.78 is 5.97. The number of nitrogens with zero attached hydrogens (tertiary/aromatic N) is 1. The molecule has 1 atom stereocenters. The van der Waals surface area contributed by atoms with Gasteiger partial charge in [0.05, 0.1) is 6.10 Å². The fourth-order valence-electron chi connectivity index (χ4n) is 2.47. The molecule has 0 radical (unpaired) electrons. The topological polar surface area (TPSA) is 70.7 Å². The Labute approximate surface area is 143 Å². The van der Waals surface area contributed by atoms with Gasteiger partial charge in [-0.3, -0.25) is 4.79 Å². The molecule has 1 aliphatic rings. The van der Waals surface area contributed by atoms with Crippen LogP contribution in [0.15, 0.2) is 18.2 Å². The summed E-state index contributed by atoms with van der Waals surface area (Å²) in [6.45, 7) is 8.01. The van der Waals surface area contributed by atoms with E-state index in [-0.39, 0.29) is 18.0 Å². The SMILES string of the molecule is CC[C@@H](C)Oc1cc(C)ccc1CNC(=O)N1CCNC(=O)CC1. The van der Waals surface area contributed by atoms with Crippen LogP contribution in [0.5, 0.6) is 5.75 Å². The van der Waals surface area contributed by atoms with Crippen LogP contribution in [0.3, 0.4) is 0 Å². The fraction of sp³-hybridized carbons (Fsp3) is 0.556. The van der Waals surface area contributed by atoms with Crippen molar-refractivity contribution < 1.29 is 14.3 Å². The van der Waals surface area contributed by atoms with E-state index in [1.807, 2.05) is 32.0 Å². The van der Waals surface area contributed by atoms with E-state index in [1.165, 1.54) is 0 Å². The molecule has 6 nitrogen and oxygen atoms in total. The Morgan fingerprint density at radius 2 is 2.21 bits per heavy atom. The summed E-state index contributed by atoms with van der Waals surface area (Å²) in [5.41, 5.74) is 2.08. The second kappa shape index (κ2) is 8.57. The summed E-state index contributed by atoms with van der Waals surface area (Å²) >= 11 is 0. The minimum atomic E-state index is -0.151. The third-order valence-corrected chi connectivity index (χ3v) is 4.16. The van der Waals surface area contributed by atoms with Gasteiger partial charge in [-0.15, -0.1) is 0 Å². The van der Waals surface area contributed by atoms with Crippen molar-refractivity contribution >= 4 is 11.9 Å². The molecular formula is C18H27N3O3. The zero-order valence-electron chi connectivity index (χ0n) is 14.7. The number of ether oxygens (including phenoxy) is 1. The highest BCUT2D eigenvalue weighted by molar-refractivity contribution is 5.79. The summed E-state index contributed by atoms with van der Waals surface area (Å²) in [4.78, 5) is 25.3. The summed E-state index contributed by atoms with van der Waals surface area (Å²) in [5, 5.41) is 5.70. The van der Waals surface area contributed by atoms with Gasteiger partial charge in [0.1, 0.15) is 5.75 Å². The molecule has 1 aromatic rings. The van der Waals surface area contributed by atoms with Crippen LogP contribution >= 0.6 is 0 Å². The standard InChI is InChI=1S/C18H27N3O3/c1-4-14(3)24-16-11-13(2)5-6-15(16)12-20-18(23)21-9-7-17(22)19-8-10-21/h5-6,11,14H,4,7-10,12H2,1-3H3,(H,19,22)(H,20,23)/t14-/m1/s1. The molecule has 24 heavy (non-hydrogen) atoms. The van der Waals surface area contributed by atoms with E-state index in [1.54, 1.807) is 4.90 Å². The molecule has 0 bridgehead atoms. The summed E-state index contributed by atoms with van der Waals surface area (Å²) in [6, 6.07) is 5.85. The van der Waals surface area contributed by atoms with Gasteiger partial charge in [0.2, 0.25) is 5.91 Å². The van der Waals surface area contributed by atoms with Crippen LogP contribution in [0.1, 0.15) is 37.8 Å². The summed E-state index contributed by atoms with van der Waals surface area (Å²) in [7, 11) is 0. The number of amides is 3. The van der Waals surface area contributed by atoms with Gasteiger partial charge in [-0.2, -0.15) is 0 Å². The molecular weight excluding hydrogens is 306 g/mol. The average Bonchev–Trinajstić information content (AvgIpc) is 2.78. The van der Waals surface area contributed by atoms with Crippen molar-refractivity contribution in [1.29, 1.82) is 0 Å². The van der Waals surface area contributed by atoms with E-state index in [0.29, 0.717) is 32.6 Å². The molecule has 1 aromatic carbocycles. The molecule has 132 valence electrons. The Balaban J connectivity index is 1.97. The molecule has 2 rings (SSSR count). The number of nitrogens with one attached hydrogen (secondary N) is 2. The van der Waals surface area contributed by atoms with Crippen LogP contribution in [0.25, 0.3) is 0 Å². The van der Waals surface area contributed by atoms with Crippen molar-refractivity contribution in [3.63, 3.8) is 0 Å². The quantitative estimate of drug-likeness (QED) is 0.868. The third kappa shape index (κ3) is 5.15. The molecule has 3 amide bonds. The zero-order chi connectivity index (χ0) is 17.5. The van der Waals surface area contributed by atoms with Gasteiger partial charge >= 0.3 is 6.03 Å². The first kappa shape index (κ1) is 18.1. The highest BCUT2D eigenvalue weighted by Gasteiger charge is 2.18. The van der Waals surface area contributed by atoms with Crippen LogP contribution < -0.4 is 15.4 Å². The molecule has 2 N–H and O–H groups in total. The molecule has 0 spiro atoms. The van der Waals surface area contributed by atoms with Gasteiger partial charge in [-0.1, -0.05) is 19.1 Å². The lowest BCUT2D eigenvalue weighted by Gasteiger charge is -2.21. The van der Waals surface area contributed by atoms with Crippen molar-refractivity contribution in [2.24, 2.45) is 0 Å². The molecule has 0 unspecified atom stereocenters. The molecule has 1 saturated heterocycles. The number of hydrogen-bond acceptors (Lipinski definition) is 3. The van der Waals surface area contributed by atoms with Gasteiger partial charge in [0.25, 0.3) is 0 Å². The second-order valence-electron chi connectivity index (χ2n) is 6.19. The maximum atomic E-state index is 12.3. The molecule has 1 heterocycles. The van der Waals surface area contributed by atoms with Gasteiger partial charge in [0.15, 0.2) is 0 Å². The summed E-state index contributed by atoms with van der Waals surface area (Å²) in [6.07, 6.45) is 1.40. The van der Waals surface area contributed by atoms with Gasteiger partial charge in [0, 0.05) is 38.2 Å². The Morgan fingerprint density at radius 1 is 1.42 bits per heavy atom. The maximum absolute atomic E-state index is 12.3. The third-order valence-electron chi connectivity index (χ3n) is 4.16. The number of aryl methyl sites for hydroxylation is 1. The Morgan fingerprint density at radius 3 is 2.96 bits per heavy atom. The van der Waals surface area contributed by atoms with Crippen molar-refractivity contribution in [3.05, 3.63) is 29.3 Å². The van der Waals surface area contributed by atoms with E-state index in [4.69, 9.17) is 4.74 Å². The number of carbonyl (C=O) groups is 2. The molecule has 1 fully saturated rings. The molecule has 0 aromatic heterocycles. The van der Waals surface area contributed by atoms with Gasteiger partial charge in [-0.25, -0.2) is 4.79 Å². The second-order valence-corrected chi connectivity index (χ2v) is 6.19.